The third kappa shape index (κ3) is 7.67. The number of pyridine rings is 1. The average molecular weight is 385 g/mol. The lowest BCUT2D eigenvalue weighted by Gasteiger charge is -2.19. The van der Waals surface area contributed by atoms with Crippen LogP contribution in [0.5, 0.6) is 0 Å². The second kappa shape index (κ2) is 8.92. The van der Waals surface area contributed by atoms with E-state index in [-0.39, 0.29) is 12.1 Å². The zero-order chi connectivity index (χ0) is 20.8. The summed E-state index contributed by atoms with van der Waals surface area (Å²) < 4.78 is 19.1. The van der Waals surface area contributed by atoms with Crippen LogP contribution in [-0.4, -0.2) is 50.8 Å². The highest BCUT2D eigenvalue weighted by Crippen LogP contribution is 2.14. The van der Waals surface area contributed by atoms with Gasteiger partial charge in [-0.05, 0) is 27.2 Å². The van der Waals surface area contributed by atoms with Gasteiger partial charge in [0.05, 0.1) is 11.9 Å². The lowest BCUT2D eigenvalue weighted by Crippen LogP contribution is -2.41. The molecule has 148 valence electrons. The van der Waals surface area contributed by atoms with E-state index in [1.165, 1.54) is 0 Å². The second-order valence-corrected chi connectivity index (χ2v) is 6.48. The number of aromatic nitrogens is 1. The highest BCUT2D eigenvalue weighted by molar-refractivity contribution is 5.95. The second-order valence-electron chi connectivity index (χ2n) is 6.48. The number of rotatable bonds is 7. The molecule has 0 spiro atoms. The molecular formula is C16H20FN3O7. The van der Waals surface area contributed by atoms with Crippen LogP contribution in [0.2, 0.25) is 0 Å². The van der Waals surface area contributed by atoms with Gasteiger partial charge in [-0.1, -0.05) is 0 Å². The number of carboxylic acids is 2. The summed E-state index contributed by atoms with van der Waals surface area (Å²) in [6, 6.07) is -0.701. The van der Waals surface area contributed by atoms with Gasteiger partial charge in [-0.2, -0.15) is 0 Å². The SMILES string of the molecule is CC(C)(C)OC(=O)Nc1cnc(C(=O)N[C@@H](CCC(=O)O)C(=O)O)c(F)c1. The molecule has 0 fully saturated rings. The van der Waals surface area contributed by atoms with Crippen molar-refractivity contribution in [2.45, 2.75) is 45.3 Å². The summed E-state index contributed by atoms with van der Waals surface area (Å²) >= 11 is 0. The molecule has 11 heteroatoms. The molecule has 0 bridgehead atoms. The Morgan fingerprint density at radius 2 is 1.89 bits per heavy atom. The van der Waals surface area contributed by atoms with Gasteiger partial charge in [0.2, 0.25) is 0 Å². The fourth-order valence-electron chi connectivity index (χ4n) is 1.85. The highest BCUT2D eigenvalue weighted by Gasteiger charge is 2.24. The lowest BCUT2D eigenvalue weighted by molar-refractivity contribution is -0.140. The smallest absolute Gasteiger partial charge is 0.412 e. The van der Waals surface area contributed by atoms with Crippen molar-refractivity contribution in [1.29, 1.82) is 0 Å². The summed E-state index contributed by atoms with van der Waals surface area (Å²) in [5, 5.41) is 21.8. The number of nitrogens with zero attached hydrogens (tertiary/aromatic N) is 1. The molecule has 0 saturated carbocycles. The Morgan fingerprint density at radius 3 is 2.37 bits per heavy atom. The van der Waals surface area contributed by atoms with E-state index in [9.17, 15) is 23.6 Å². The molecule has 10 nitrogen and oxygen atoms in total. The number of amides is 2. The summed E-state index contributed by atoms with van der Waals surface area (Å²) in [5.41, 5.74) is -1.54. The predicted octanol–water partition coefficient (Wildman–Crippen LogP) is 1.62. The Morgan fingerprint density at radius 1 is 1.26 bits per heavy atom. The van der Waals surface area contributed by atoms with Crippen molar-refractivity contribution in [1.82, 2.24) is 10.3 Å². The number of hydrogen-bond donors (Lipinski definition) is 4. The number of carboxylic acid groups (broad SMARTS) is 2. The summed E-state index contributed by atoms with van der Waals surface area (Å²) in [7, 11) is 0. The molecule has 1 aromatic heterocycles. The molecule has 1 aromatic rings. The Balaban J connectivity index is 2.82. The van der Waals surface area contributed by atoms with Crippen molar-refractivity contribution in [3.05, 3.63) is 23.8 Å². The summed E-state index contributed by atoms with van der Waals surface area (Å²) in [6.07, 6.45) is -0.725. The molecular weight excluding hydrogens is 365 g/mol. The third-order valence-corrected chi connectivity index (χ3v) is 2.95. The van der Waals surface area contributed by atoms with Crippen molar-refractivity contribution in [3.63, 3.8) is 0 Å². The number of carbonyl (C=O) groups is 4. The Kier molecular flexibility index (Phi) is 7.20. The molecule has 0 aromatic carbocycles. The fourth-order valence-corrected chi connectivity index (χ4v) is 1.85. The molecule has 0 saturated heterocycles. The van der Waals surface area contributed by atoms with Crippen LogP contribution in [0.15, 0.2) is 12.3 Å². The summed E-state index contributed by atoms with van der Waals surface area (Å²) in [4.78, 5) is 48.8. The number of ether oxygens (including phenoxy) is 1. The molecule has 4 N–H and O–H groups in total. The zero-order valence-electron chi connectivity index (χ0n) is 14.9. The van der Waals surface area contributed by atoms with E-state index < -0.39 is 53.5 Å². The normalized spacial score (nSPS) is 12.0. The first-order valence-corrected chi connectivity index (χ1v) is 7.80. The molecule has 0 radical (unpaired) electrons. The van der Waals surface area contributed by atoms with Gasteiger partial charge in [0.25, 0.3) is 5.91 Å². The molecule has 0 unspecified atom stereocenters. The molecule has 1 heterocycles. The summed E-state index contributed by atoms with van der Waals surface area (Å²) in [5.74, 6) is -4.94. The minimum atomic E-state index is -1.52. The van der Waals surface area contributed by atoms with Gasteiger partial charge in [0, 0.05) is 12.5 Å². The molecule has 27 heavy (non-hydrogen) atoms. The van der Waals surface area contributed by atoms with Crippen molar-refractivity contribution in [2.75, 3.05) is 5.32 Å². The van der Waals surface area contributed by atoms with Crippen molar-refractivity contribution in [3.8, 4) is 0 Å². The fraction of sp³-hybridized carbons (Fsp3) is 0.438. The molecule has 0 aliphatic heterocycles. The first kappa shape index (κ1) is 21.8. The van der Waals surface area contributed by atoms with Crippen LogP contribution in [0.3, 0.4) is 0 Å². The van der Waals surface area contributed by atoms with E-state index in [0.29, 0.717) is 0 Å². The number of halogens is 1. The van der Waals surface area contributed by atoms with Gasteiger partial charge in [-0.3, -0.25) is 14.9 Å². The molecule has 1 rings (SSSR count). The van der Waals surface area contributed by atoms with Crippen molar-refractivity contribution >= 4 is 29.6 Å². The number of carbonyl (C=O) groups excluding carboxylic acids is 2. The monoisotopic (exact) mass is 385 g/mol. The Labute approximate surface area is 153 Å². The van der Waals surface area contributed by atoms with E-state index in [0.717, 1.165) is 12.3 Å². The maximum absolute atomic E-state index is 14.1. The van der Waals surface area contributed by atoms with Gasteiger partial charge in [-0.25, -0.2) is 19.0 Å². The molecule has 0 aliphatic rings. The average Bonchev–Trinajstić information content (AvgIpc) is 2.48. The molecule has 0 aliphatic carbocycles. The number of aliphatic carboxylic acids is 2. The number of nitrogens with one attached hydrogen (secondary N) is 2. The lowest BCUT2D eigenvalue weighted by atomic mass is 10.1. The highest BCUT2D eigenvalue weighted by atomic mass is 19.1. The third-order valence-electron chi connectivity index (χ3n) is 2.95. The quantitative estimate of drug-likeness (QED) is 0.552. The van der Waals surface area contributed by atoms with Gasteiger partial charge in [0.1, 0.15) is 11.6 Å². The van der Waals surface area contributed by atoms with Crippen LogP contribution >= 0.6 is 0 Å². The van der Waals surface area contributed by atoms with Gasteiger partial charge >= 0.3 is 18.0 Å². The van der Waals surface area contributed by atoms with Crippen molar-refractivity contribution in [2.24, 2.45) is 0 Å². The van der Waals surface area contributed by atoms with Gasteiger partial charge in [0.15, 0.2) is 11.5 Å². The minimum Gasteiger partial charge on any atom is -0.481 e. The zero-order valence-corrected chi connectivity index (χ0v) is 14.9. The number of anilines is 1. The largest absolute Gasteiger partial charge is 0.481 e. The maximum Gasteiger partial charge on any atom is 0.412 e. The van der Waals surface area contributed by atoms with Crippen LogP contribution in [0, 0.1) is 5.82 Å². The van der Waals surface area contributed by atoms with E-state index in [4.69, 9.17) is 14.9 Å². The molecule has 2 amide bonds. The predicted molar refractivity (Wildman–Crippen MR) is 89.8 cm³/mol. The maximum atomic E-state index is 14.1. The van der Waals surface area contributed by atoms with Gasteiger partial charge in [-0.15, -0.1) is 0 Å². The first-order valence-electron chi connectivity index (χ1n) is 7.80. The van der Waals surface area contributed by atoms with Gasteiger partial charge < -0.3 is 20.3 Å². The number of hydrogen-bond acceptors (Lipinski definition) is 6. The van der Waals surface area contributed by atoms with Crippen molar-refractivity contribution < 1.29 is 38.5 Å². The van der Waals surface area contributed by atoms with Crippen LogP contribution in [0.1, 0.15) is 44.1 Å². The Hall–Kier alpha value is -3.24. The van der Waals surface area contributed by atoms with Crippen LogP contribution in [-0.2, 0) is 14.3 Å². The van der Waals surface area contributed by atoms with Crippen LogP contribution in [0.25, 0.3) is 0 Å². The first-order chi connectivity index (χ1) is 12.4. The molecule has 1 atom stereocenters. The van der Waals surface area contributed by atoms with E-state index in [1.807, 2.05) is 5.32 Å². The van der Waals surface area contributed by atoms with Crippen LogP contribution < -0.4 is 10.6 Å². The Bertz CT molecular complexity index is 746. The summed E-state index contributed by atoms with van der Waals surface area (Å²) in [6.45, 7) is 4.92. The van der Waals surface area contributed by atoms with E-state index >= 15 is 0 Å². The van der Waals surface area contributed by atoms with E-state index in [2.05, 4.69) is 10.3 Å². The standard InChI is InChI=1S/C16H20FN3O7/c1-16(2,3)27-15(26)19-8-6-9(17)12(18-7-8)13(23)20-10(14(24)25)4-5-11(21)22/h6-7,10H,4-5H2,1-3H3,(H,19,26)(H,20,23)(H,21,22)(H,24,25)/t10-/m0/s1. The minimum absolute atomic E-state index is 0.0704. The topological polar surface area (TPSA) is 155 Å². The van der Waals surface area contributed by atoms with E-state index in [1.54, 1.807) is 20.8 Å². The van der Waals surface area contributed by atoms with Crippen LogP contribution in [0.4, 0.5) is 14.9 Å².